The zero-order chi connectivity index (χ0) is 10.9. The lowest BCUT2D eigenvalue weighted by Crippen LogP contribution is -2.19. The molecule has 15 heavy (non-hydrogen) atoms. The highest BCUT2D eigenvalue weighted by Gasteiger charge is 2.24. The largest absolute Gasteiger partial charge is 0.384 e. The predicted octanol–water partition coefficient (Wildman–Crippen LogP) is 2.70. The van der Waals surface area contributed by atoms with Gasteiger partial charge in [0.15, 0.2) is 0 Å². The molecule has 0 aliphatic rings. The van der Waals surface area contributed by atoms with Gasteiger partial charge in [-0.1, -0.05) is 18.2 Å². The molecular formula is C12H12O2S. The summed E-state index contributed by atoms with van der Waals surface area (Å²) in [4.78, 5) is 11.3. The number of hydrogen-bond donors (Lipinski definition) is 1. The molecule has 2 rings (SSSR count). The van der Waals surface area contributed by atoms with Crippen LogP contribution in [-0.2, 0) is 10.4 Å². The zero-order valence-corrected chi connectivity index (χ0v) is 9.25. The lowest BCUT2D eigenvalue weighted by molar-refractivity contribution is -0.111. The van der Waals surface area contributed by atoms with Crippen molar-refractivity contribution in [2.24, 2.45) is 0 Å². The average molecular weight is 220 g/mol. The Bertz CT molecular complexity index is 452. The molecule has 0 radical (unpaired) electrons. The molecule has 0 saturated heterocycles. The lowest BCUT2D eigenvalue weighted by Gasteiger charge is -2.17. The summed E-state index contributed by atoms with van der Waals surface area (Å²) >= 11 is 1.54. The van der Waals surface area contributed by atoms with Crippen LogP contribution in [0.25, 0.3) is 10.1 Å². The molecule has 0 saturated carbocycles. The normalized spacial score (nSPS) is 15.1. The molecule has 0 spiro atoms. The van der Waals surface area contributed by atoms with Crippen LogP contribution in [0.5, 0.6) is 0 Å². The number of rotatable bonds is 3. The van der Waals surface area contributed by atoms with E-state index in [1.165, 1.54) is 11.3 Å². The molecular weight excluding hydrogens is 208 g/mol. The van der Waals surface area contributed by atoms with Crippen LogP contribution in [-0.4, -0.2) is 11.4 Å². The molecule has 2 aromatic rings. The maximum atomic E-state index is 10.5. The smallest absolute Gasteiger partial charge is 0.123 e. The molecule has 1 N–H and O–H groups in total. The van der Waals surface area contributed by atoms with Crippen LogP contribution in [0, 0.1) is 0 Å². The summed E-state index contributed by atoms with van der Waals surface area (Å²) < 4.78 is 1.14. The van der Waals surface area contributed by atoms with Crippen molar-refractivity contribution in [3.05, 3.63) is 35.2 Å². The highest BCUT2D eigenvalue weighted by atomic mass is 32.1. The zero-order valence-electron chi connectivity index (χ0n) is 8.43. The molecule has 1 aromatic carbocycles. The Labute approximate surface area is 92.2 Å². The SMILES string of the molecule is CC(O)(CC=O)c1cc2ccccc2s1. The summed E-state index contributed by atoms with van der Waals surface area (Å²) in [5.74, 6) is 0. The van der Waals surface area contributed by atoms with Crippen LogP contribution in [0.2, 0.25) is 0 Å². The summed E-state index contributed by atoms with van der Waals surface area (Å²) in [5.41, 5.74) is -1.04. The highest BCUT2D eigenvalue weighted by molar-refractivity contribution is 7.19. The van der Waals surface area contributed by atoms with E-state index in [0.29, 0.717) is 0 Å². The van der Waals surface area contributed by atoms with Gasteiger partial charge in [0.2, 0.25) is 0 Å². The summed E-state index contributed by atoms with van der Waals surface area (Å²) in [6, 6.07) is 9.90. The molecule has 0 aliphatic heterocycles. The van der Waals surface area contributed by atoms with Gasteiger partial charge in [-0.25, -0.2) is 0 Å². The first kappa shape index (κ1) is 10.3. The third kappa shape index (κ3) is 1.94. The molecule has 0 bridgehead atoms. The third-order valence-electron chi connectivity index (χ3n) is 2.44. The Hall–Kier alpha value is -1.19. The second kappa shape index (κ2) is 3.76. The van der Waals surface area contributed by atoms with E-state index in [1.807, 2.05) is 30.3 Å². The molecule has 1 unspecified atom stereocenters. The van der Waals surface area contributed by atoms with E-state index < -0.39 is 5.60 Å². The van der Waals surface area contributed by atoms with E-state index in [4.69, 9.17) is 0 Å². The van der Waals surface area contributed by atoms with Crippen LogP contribution in [0.3, 0.4) is 0 Å². The molecule has 2 nitrogen and oxygen atoms in total. The van der Waals surface area contributed by atoms with Crippen molar-refractivity contribution in [1.82, 2.24) is 0 Å². The van der Waals surface area contributed by atoms with Gasteiger partial charge in [0.1, 0.15) is 11.9 Å². The highest BCUT2D eigenvalue weighted by Crippen LogP contribution is 2.34. The molecule has 0 aliphatic carbocycles. The van der Waals surface area contributed by atoms with Crippen molar-refractivity contribution in [3.63, 3.8) is 0 Å². The average Bonchev–Trinajstić information content (AvgIpc) is 2.61. The Balaban J connectivity index is 2.48. The van der Waals surface area contributed by atoms with Crippen LogP contribution < -0.4 is 0 Å². The van der Waals surface area contributed by atoms with E-state index in [9.17, 15) is 9.90 Å². The standard InChI is InChI=1S/C12H12O2S/c1-12(14,6-7-13)11-8-9-4-2-3-5-10(9)15-11/h2-5,7-8,14H,6H2,1H3. The Morgan fingerprint density at radius 3 is 2.87 bits per heavy atom. The van der Waals surface area contributed by atoms with Crippen molar-refractivity contribution in [2.75, 3.05) is 0 Å². The van der Waals surface area contributed by atoms with E-state index in [2.05, 4.69) is 0 Å². The fourth-order valence-corrected chi connectivity index (χ4v) is 2.63. The second-order valence-electron chi connectivity index (χ2n) is 3.79. The molecule has 1 atom stereocenters. The van der Waals surface area contributed by atoms with Crippen molar-refractivity contribution < 1.29 is 9.90 Å². The Morgan fingerprint density at radius 2 is 2.20 bits per heavy atom. The summed E-state index contributed by atoms with van der Waals surface area (Å²) in [5, 5.41) is 11.2. The summed E-state index contributed by atoms with van der Waals surface area (Å²) in [6.45, 7) is 1.67. The van der Waals surface area contributed by atoms with Crippen molar-refractivity contribution in [2.45, 2.75) is 18.9 Å². The van der Waals surface area contributed by atoms with E-state index in [0.717, 1.165) is 21.2 Å². The molecule has 0 amide bonds. The van der Waals surface area contributed by atoms with Gasteiger partial charge in [-0.3, -0.25) is 0 Å². The van der Waals surface area contributed by atoms with Gasteiger partial charge in [0, 0.05) is 16.0 Å². The number of carbonyl (C=O) groups excluding carboxylic acids is 1. The number of thiophene rings is 1. The number of hydrogen-bond acceptors (Lipinski definition) is 3. The maximum Gasteiger partial charge on any atom is 0.123 e. The molecule has 78 valence electrons. The second-order valence-corrected chi connectivity index (χ2v) is 4.88. The van der Waals surface area contributed by atoms with Crippen LogP contribution >= 0.6 is 11.3 Å². The molecule has 1 aromatic heterocycles. The predicted molar refractivity (Wildman–Crippen MR) is 62.1 cm³/mol. The van der Waals surface area contributed by atoms with Gasteiger partial charge in [-0.05, 0) is 24.4 Å². The number of benzene rings is 1. The third-order valence-corrected chi connectivity index (χ3v) is 3.81. The minimum Gasteiger partial charge on any atom is -0.384 e. The topological polar surface area (TPSA) is 37.3 Å². The molecule has 3 heteroatoms. The fraction of sp³-hybridized carbons (Fsp3) is 0.250. The Morgan fingerprint density at radius 1 is 1.47 bits per heavy atom. The maximum absolute atomic E-state index is 10.5. The summed E-state index contributed by atoms with van der Waals surface area (Å²) in [6.07, 6.45) is 0.893. The van der Waals surface area contributed by atoms with E-state index in [1.54, 1.807) is 6.92 Å². The first-order chi connectivity index (χ1) is 7.13. The van der Waals surface area contributed by atoms with Gasteiger partial charge in [-0.2, -0.15) is 0 Å². The van der Waals surface area contributed by atoms with Gasteiger partial charge in [0.05, 0.1) is 0 Å². The van der Waals surface area contributed by atoms with Gasteiger partial charge in [-0.15, -0.1) is 11.3 Å². The van der Waals surface area contributed by atoms with Crippen LogP contribution in [0.1, 0.15) is 18.2 Å². The van der Waals surface area contributed by atoms with Crippen molar-refractivity contribution >= 4 is 27.7 Å². The van der Waals surface area contributed by atoms with Crippen LogP contribution in [0.15, 0.2) is 30.3 Å². The quantitative estimate of drug-likeness (QED) is 0.807. The van der Waals surface area contributed by atoms with Gasteiger partial charge >= 0.3 is 0 Å². The van der Waals surface area contributed by atoms with Crippen molar-refractivity contribution in [3.8, 4) is 0 Å². The molecule has 0 fully saturated rings. The monoisotopic (exact) mass is 220 g/mol. The fourth-order valence-electron chi connectivity index (χ4n) is 1.51. The first-order valence-electron chi connectivity index (χ1n) is 4.78. The van der Waals surface area contributed by atoms with Crippen molar-refractivity contribution in [1.29, 1.82) is 0 Å². The number of aldehydes is 1. The van der Waals surface area contributed by atoms with E-state index >= 15 is 0 Å². The number of carbonyl (C=O) groups is 1. The van der Waals surface area contributed by atoms with E-state index in [-0.39, 0.29) is 6.42 Å². The van der Waals surface area contributed by atoms with Gasteiger partial charge in [0.25, 0.3) is 0 Å². The minimum absolute atomic E-state index is 0.139. The summed E-state index contributed by atoms with van der Waals surface area (Å²) in [7, 11) is 0. The molecule has 1 heterocycles. The van der Waals surface area contributed by atoms with Gasteiger partial charge < -0.3 is 9.90 Å². The van der Waals surface area contributed by atoms with Crippen LogP contribution in [0.4, 0.5) is 0 Å². The number of fused-ring (bicyclic) bond motifs is 1. The first-order valence-corrected chi connectivity index (χ1v) is 5.60. The Kier molecular flexibility index (Phi) is 2.59. The minimum atomic E-state index is -1.04. The lowest BCUT2D eigenvalue weighted by atomic mass is 10.0. The number of aliphatic hydroxyl groups is 1.